The molecule has 21 heavy (non-hydrogen) atoms. The van der Waals surface area contributed by atoms with Crippen LogP contribution in [0.5, 0.6) is 0 Å². The van der Waals surface area contributed by atoms with Crippen molar-refractivity contribution in [3.8, 4) is 0 Å². The van der Waals surface area contributed by atoms with Gasteiger partial charge in [-0.3, -0.25) is 4.98 Å². The highest BCUT2D eigenvalue weighted by atomic mass is 35.5. The highest BCUT2D eigenvalue weighted by molar-refractivity contribution is 7.90. The smallest absolute Gasteiger partial charge is 0.338 e. The summed E-state index contributed by atoms with van der Waals surface area (Å²) in [6.07, 6.45) is 2.70. The molecule has 0 aliphatic heterocycles. The van der Waals surface area contributed by atoms with Gasteiger partial charge >= 0.3 is 5.97 Å². The second-order valence-electron chi connectivity index (χ2n) is 4.17. The minimum atomic E-state index is -3.85. The summed E-state index contributed by atoms with van der Waals surface area (Å²) in [7, 11) is -3.85. The molecule has 5 nitrogen and oxygen atoms in total. The highest BCUT2D eigenvalue weighted by Crippen LogP contribution is 2.23. The van der Waals surface area contributed by atoms with Crippen LogP contribution in [0.4, 0.5) is 4.39 Å². The normalized spacial score (nSPS) is 11.3. The van der Waals surface area contributed by atoms with E-state index in [1.165, 1.54) is 18.5 Å². The third-order valence-electron chi connectivity index (χ3n) is 2.73. The van der Waals surface area contributed by atoms with E-state index in [0.717, 1.165) is 18.2 Å². The van der Waals surface area contributed by atoms with Gasteiger partial charge in [0.1, 0.15) is 5.82 Å². The van der Waals surface area contributed by atoms with Crippen molar-refractivity contribution in [1.82, 2.24) is 4.98 Å². The van der Waals surface area contributed by atoms with E-state index in [2.05, 4.69) is 4.98 Å². The molecule has 110 valence electrons. The number of sulfone groups is 1. The molecule has 0 bridgehead atoms. The summed E-state index contributed by atoms with van der Waals surface area (Å²) in [6.45, 7) is 0. The SMILES string of the molecule is O=C(O)c1cc(S(=O)(=O)Cc2ccncc2Cl)ccc1F. The first kappa shape index (κ1) is 15.4. The van der Waals surface area contributed by atoms with Gasteiger partial charge in [0.15, 0.2) is 9.84 Å². The first-order valence-electron chi connectivity index (χ1n) is 5.65. The quantitative estimate of drug-likeness (QED) is 0.871. The first-order chi connectivity index (χ1) is 9.81. The summed E-state index contributed by atoms with van der Waals surface area (Å²) >= 11 is 5.84. The number of carboxylic acids is 1. The Morgan fingerprint density at radius 3 is 2.67 bits per heavy atom. The third kappa shape index (κ3) is 3.37. The van der Waals surface area contributed by atoms with Crippen LogP contribution >= 0.6 is 11.6 Å². The van der Waals surface area contributed by atoms with Crippen LogP contribution in [0.1, 0.15) is 15.9 Å². The molecule has 0 spiro atoms. The van der Waals surface area contributed by atoms with Crippen LogP contribution in [0, 0.1) is 5.82 Å². The van der Waals surface area contributed by atoms with Crippen LogP contribution in [0.15, 0.2) is 41.6 Å². The lowest BCUT2D eigenvalue weighted by atomic mass is 10.2. The zero-order valence-corrected chi connectivity index (χ0v) is 12.0. The maximum atomic E-state index is 13.3. The van der Waals surface area contributed by atoms with Crippen molar-refractivity contribution in [3.05, 3.63) is 58.6 Å². The average molecular weight is 330 g/mol. The Hall–Kier alpha value is -1.99. The van der Waals surface area contributed by atoms with E-state index < -0.39 is 32.9 Å². The number of halogens is 2. The predicted octanol–water partition coefficient (Wildman–Crippen LogP) is 2.55. The number of carbonyl (C=O) groups is 1. The summed E-state index contributed by atoms with van der Waals surface area (Å²) < 4.78 is 37.8. The number of rotatable bonds is 4. The molecule has 0 saturated carbocycles. The Kier molecular flexibility index (Phi) is 4.24. The zero-order chi connectivity index (χ0) is 15.6. The van der Waals surface area contributed by atoms with Crippen molar-refractivity contribution in [1.29, 1.82) is 0 Å². The molecule has 8 heteroatoms. The summed E-state index contributed by atoms with van der Waals surface area (Å²) in [5.41, 5.74) is -0.371. The van der Waals surface area contributed by atoms with E-state index >= 15 is 0 Å². The first-order valence-corrected chi connectivity index (χ1v) is 7.68. The second kappa shape index (κ2) is 5.79. The number of carboxylic acid groups (broad SMARTS) is 1. The molecule has 1 N–H and O–H groups in total. The molecule has 2 aromatic rings. The highest BCUT2D eigenvalue weighted by Gasteiger charge is 2.20. The Bertz CT molecular complexity index is 808. The molecule has 0 fully saturated rings. The summed E-state index contributed by atoms with van der Waals surface area (Å²) in [6, 6.07) is 4.07. The lowest BCUT2D eigenvalue weighted by molar-refractivity contribution is 0.0691. The van der Waals surface area contributed by atoms with Gasteiger partial charge in [0, 0.05) is 12.4 Å². The van der Waals surface area contributed by atoms with Crippen LogP contribution in [0.2, 0.25) is 5.02 Å². The van der Waals surface area contributed by atoms with Gasteiger partial charge in [-0.05, 0) is 29.8 Å². The van der Waals surface area contributed by atoms with E-state index in [1.807, 2.05) is 0 Å². The number of pyridine rings is 1. The molecule has 1 aromatic carbocycles. The van der Waals surface area contributed by atoms with Gasteiger partial charge < -0.3 is 5.11 Å². The van der Waals surface area contributed by atoms with Gasteiger partial charge in [-0.25, -0.2) is 17.6 Å². The summed E-state index contributed by atoms with van der Waals surface area (Å²) in [5.74, 6) is -2.96. The minimum Gasteiger partial charge on any atom is -0.478 e. The van der Waals surface area contributed by atoms with Crippen molar-refractivity contribution in [3.63, 3.8) is 0 Å². The molecular weight excluding hydrogens is 321 g/mol. The van der Waals surface area contributed by atoms with Crippen LogP contribution in [-0.2, 0) is 15.6 Å². The third-order valence-corrected chi connectivity index (χ3v) is 4.73. The molecule has 1 aromatic heterocycles. The van der Waals surface area contributed by atoms with E-state index in [0.29, 0.717) is 5.56 Å². The lowest BCUT2D eigenvalue weighted by Gasteiger charge is -2.07. The van der Waals surface area contributed by atoms with Crippen molar-refractivity contribution < 1.29 is 22.7 Å². The van der Waals surface area contributed by atoms with E-state index in [1.54, 1.807) is 0 Å². The van der Waals surface area contributed by atoms with Crippen LogP contribution in [0.25, 0.3) is 0 Å². The molecule has 1 heterocycles. The fraction of sp³-hybridized carbons (Fsp3) is 0.0769. The molecular formula is C13H9ClFNO4S. The van der Waals surface area contributed by atoms with Gasteiger partial charge in [-0.15, -0.1) is 0 Å². The van der Waals surface area contributed by atoms with E-state index in [-0.39, 0.29) is 9.92 Å². The average Bonchev–Trinajstić information content (AvgIpc) is 2.41. The number of benzene rings is 1. The van der Waals surface area contributed by atoms with Gasteiger partial charge in [0.2, 0.25) is 0 Å². The van der Waals surface area contributed by atoms with Crippen LogP contribution in [0.3, 0.4) is 0 Å². The number of hydrogen-bond donors (Lipinski definition) is 1. The standard InChI is InChI=1S/C13H9ClFNO4S/c14-11-6-16-4-3-8(11)7-21(19,20)9-1-2-12(15)10(5-9)13(17)18/h1-6H,7H2,(H,17,18). The zero-order valence-electron chi connectivity index (χ0n) is 10.5. The van der Waals surface area contributed by atoms with E-state index in [4.69, 9.17) is 16.7 Å². The molecule has 0 amide bonds. The molecule has 2 rings (SSSR count). The Morgan fingerprint density at radius 2 is 2.05 bits per heavy atom. The molecule has 0 aliphatic carbocycles. The Balaban J connectivity index is 2.43. The largest absolute Gasteiger partial charge is 0.478 e. The molecule has 0 radical (unpaired) electrons. The minimum absolute atomic E-state index is 0.182. The molecule has 0 aliphatic rings. The topological polar surface area (TPSA) is 84.3 Å². The maximum Gasteiger partial charge on any atom is 0.338 e. The summed E-state index contributed by atoms with van der Waals surface area (Å²) in [5, 5.41) is 9.01. The fourth-order valence-corrected chi connectivity index (χ4v) is 3.34. The van der Waals surface area contributed by atoms with Gasteiger partial charge in [0.25, 0.3) is 0 Å². The monoisotopic (exact) mass is 329 g/mol. The van der Waals surface area contributed by atoms with Crippen molar-refractivity contribution >= 4 is 27.4 Å². The number of aromatic nitrogens is 1. The van der Waals surface area contributed by atoms with Crippen LogP contribution < -0.4 is 0 Å². The molecule has 0 unspecified atom stereocenters. The number of aromatic carboxylic acids is 1. The molecule has 0 saturated heterocycles. The van der Waals surface area contributed by atoms with Crippen molar-refractivity contribution in [2.45, 2.75) is 10.6 Å². The fourth-order valence-electron chi connectivity index (χ4n) is 1.67. The molecule has 0 atom stereocenters. The predicted molar refractivity (Wildman–Crippen MR) is 73.5 cm³/mol. The Labute approximate surface area is 124 Å². The Morgan fingerprint density at radius 1 is 1.33 bits per heavy atom. The van der Waals surface area contributed by atoms with Crippen molar-refractivity contribution in [2.75, 3.05) is 0 Å². The second-order valence-corrected chi connectivity index (χ2v) is 6.57. The lowest BCUT2D eigenvalue weighted by Crippen LogP contribution is -2.08. The number of nitrogens with zero attached hydrogens (tertiary/aromatic N) is 1. The number of hydrogen-bond acceptors (Lipinski definition) is 4. The van der Waals surface area contributed by atoms with Crippen molar-refractivity contribution in [2.24, 2.45) is 0 Å². The van der Waals surface area contributed by atoms with Gasteiger partial charge in [-0.1, -0.05) is 11.6 Å². The van der Waals surface area contributed by atoms with E-state index in [9.17, 15) is 17.6 Å². The summed E-state index contributed by atoms with van der Waals surface area (Å²) in [4.78, 5) is 14.3. The maximum absolute atomic E-state index is 13.3. The van der Waals surface area contributed by atoms with Gasteiger partial charge in [0.05, 0.1) is 21.2 Å². The van der Waals surface area contributed by atoms with Gasteiger partial charge in [-0.2, -0.15) is 0 Å². The van der Waals surface area contributed by atoms with Crippen LogP contribution in [-0.4, -0.2) is 24.5 Å².